The van der Waals surface area contributed by atoms with Gasteiger partial charge in [0.1, 0.15) is 0 Å². The summed E-state index contributed by atoms with van der Waals surface area (Å²) >= 11 is 0. The van der Waals surface area contributed by atoms with E-state index in [0.717, 1.165) is 6.54 Å². The Morgan fingerprint density at radius 2 is 1.74 bits per heavy atom. The SMILES string of the molecule is Cc1cc(C)c(CNC(C)(C)c2noc(CN(C)C)n2)cc1C. The highest BCUT2D eigenvalue weighted by atomic mass is 16.5. The van der Waals surface area contributed by atoms with Gasteiger partial charge in [0, 0.05) is 6.54 Å². The Kier molecular flexibility index (Phi) is 5.22. The summed E-state index contributed by atoms with van der Waals surface area (Å²) in [6.07, 6.45) is 0. The maximum Gasteiger partial charge on any atom is 0.240 e. The van der Waals surface area contributed by atoms with Gasteiger partial charge in [0.05, 0.1) is 12.1 Å². The summed E-state index contributed by atoms with van der Waals surface area (Å²) in [6.45, 7) is 12.0. The molecule has 126 valence electrons. The molecule has 0 aliphatic heterocycles. The summed E-state index contributed by atoms with van der Waals surface area (Å²) in [6, 6.07) is 4.49. The van der Waals surface area contributed by atoms with E-state index in [-0.39, 0.29) is 5.54 Å². The molecule has 1 aromatic carbocycles. The number of hydrogen-bond acceptors (Lipinski definition) is 5. The van der Waals surface area contributed by atoms with E-state index in [4.69, 9.17) is 4.52 Å². The van der Waals surface area contributed by atoms with Crippen molar-refractivity contribution in [3.05, 3.63) is 46.1 Å². The van der Waals surface area contributed by atoms with Crippen molar-refractivity contribution in [2.24, 2.45) is 0 Å². The molecule has 2 rings (SSSR count). The summed E-state index contributed by atoms with van der Waals surface area (Å²) in [5, 5.41) is 7.68. The molecule has 0 fully saturated rings. The highest BCUT2D eigenvalue weighted by Gasteiger charge is 2.26. The second-order valence-electron chi connectivity index (χ2n) is 7.09. The van der Waals surface area contributed by atoms with E-state index in [1.54, 1.807) is 0 Å². The molecule has 5 heteroatoms. The van der Waals surface area contributed by atoms with Crippen molar-refractivity contribution in [2.45, 2.75) is 53.2 Å². The molecular formula is C18H28N4O. The Labute approximate surface area is 139 Å². The zero-order valence-electron chi connectivity index (χ0n) is 15.3. The van der Waals surface area contributed by atoms with Crippen LogP contribution in [0.3, 0.4) is 0 Å². The van der Waals surface area contributed by atoms with Gasteiger partial charge in [-0.1, -0.05) is 17.3 Å². The first kappa shape index (κ1) is 17.6. The molecule has 0 aliphatic carbocycles. The zero-order valence-corrected chi connectivity index (χ0v) is 15.3. The van der Waals surface area contributed by atoms with Crippen LogP contribution in [0.4, 0.5) is 0 Å². The van der Waals surface area contributed by atoms with E-state index in [0.29, 0.717) is 18.3 Å². The standard InChI is InChI=1S/C18H28N4O/c1-12-8-14(3)15(9-13(12)2)10-19-18(4,5)17-20-16(23-21-17)11-22(6)7/h8-9,19H,10-11H2,1-7H3. The van der Waals surface area contributed by atoms with Gasteiger partial charge in [-0.05, 0) is 71.0 Å². The van der Waals surface area contributed by atoms with E-state index >= 15 is 0 Å². The van der Waals surface area contributed by atoms with Crippen LogP contribution in [0.1, 0.15) is 47.8 Å². The summed E-state index contributed by atoms with van der Waals surface area (Å²) in [5.41, 5.74) is 4.91. The summed E-state index contributed by atoms with van der Waals surface area (Å²) in [4.78, 5) is 6.52. The predicted octanol–water partition coefficient (Wildman–Crippen LogP) is 3.08. The Morgan fingerprint density at radius 3 is 2.39 bits per heavy atom. The van der Waals surface area contributed by atoms with Gasteiger partial charge in [-0.15, -0.1) is 0 Å². The van der Waals surface area contributed by atoms with Gasteiger partial charge in [0.2, 0.25) is 5.89 Å². The van der Waals surface area contributed by atoms with Gasteiger partial charge in [0.25, 0.3) is 0 Å². The molecule has 0 bridgehead atoms. The molecule has 1 N–H and O–H groups in total. The second kappa shape index (κ2) is 6.81. The van der Waals surface area contributed by atoms with Crippen LogP contribution >= 0.6 is 0 Å². The fourth-order valence-electron chi connectivity index (χ4n) is 2.45. The Balaban J connectivity index is 2.09. The van der Waals surface area contributed by atoms with E-state index in [1.807, 2.05) is 19.0 Å². The van der Waals surface area contributed by atoms with Crippen molar-refractivity contribution >= 4 is 0 Å². The molecule has 0 aliphatic rings. The first-order valence-corrected chi connectivity index (χ1v) is 7.98. The van der Waals surface area contributed by atoms with Crippen LogP contribution < -0.4 is 5.32 Å². The lowest BCUT2D eigenvalue weighted by Crippen LogP contribution is -2.37. The average molecular weight is 316 g/mol. The average Bonchev–Trinajstić information content (AvgIpc) is 2.90. The first-order valence-electron chi connectivity index (χ1n) is 7.98. The molecule has 23 heavy (non-hydrogen) atoms. The third-order valence-corrected chi connectivity index (χ3v) is 4.15. The fourth-order valence-corrected chi connectivity index (χ4v) is 2.45. The number of rotatable bonds is 6. The zero-order chi connectivity index (χ0) is 17.2. The molecular weight excluding hydrogens is 288 g/mol. The minimum Gasteiger partial charge on any atom is -0.338 e. The van der Waals surface area contributed by atoms with Gasteiger partial charge >= 0.3 is 0 Å². The highest BCUT2D eigenvalue weighted by Crippen LogP contribution is 2.20. The van der Waals surface area contributed by atoms with Crippen LogP contribution in [0.5, 0.6) is 0 Å². The lowest BCUT2D eigenvalue weighted by molar-refractivity contribution is 0.294. The van der Waals surface area contributed by atoms with Crippen molar-refractivity contribution in [3.8, 4) is 0 Å². The largest absolute Gasteiger partial charge is 0.338 e. The van der Waals surface area contributed by atoms with E-state index < -0.39 is 0 Å². The number of nitrogens with zero attached hydrogens (tertiary/aromatic N) is 3. The third-order valence-electron chi connectivity index (χ3n) is 4.15. The first-order chi connectivity index (χ1) is 10.7. The Bertz CT molecular complexity index is 674. The Hall–Kier alpha value is -1.72. The molecule has 0 atom stereocenters. The van der Waals surface area contributed by atoms with E-state index in [9.17, 15) is 0 Å². The lowest BCUT2D eigenvalue weighted by atomic mass is 9.99. The van der Waals surface area contributed by atoms with Crippen LogP contribution in [0, 0.1) is 20.8 Å². The van der Waals surface area contributed by atoms with Crippen LogP contribution in [-0.2, 0) is 18.6 Å². The van der Waals surface area contributed by atoms with Crippen molar-refractivity contribution in [1.29, 1.82) is 0 Å². The van der Waals surface area contributed by atoms with Crippen LogP contribution in [0.25, 0.3) is 0 Å². The fraction of sp³-hybridized carbons (Fsp3) is 0.556. The molecule has 1 aromatic heterocycles. The minimum atomic E-state index is -0.348. The molecule has 0 saturated heterocycles. The number of nitrogens with one attached hydrogen (secondary N) is 1. The van der Waals surface area contributed by atoms with E-state index in [2.05, 4.69) is 62.2 Å². The summed E-state index contributed by atoms with van der Waals surface area (Å²) in [5.74, 6) is 1.33. The number of benzene rings is 1. The maximum atomic E-state index is 5.33. The number of hydrogen-bond donors (Lipinski definition) is 1. The van der Waals surface area contributed by atoms with Crippen molar-refractivity contribution in [2.75, 3.05) is 14.1 Å². The summed E-state index contributed by atoms with van der Waals surface area (Å²) in [7, 11) is 3.96. The van der Waals surface area contributed by atoms with Gasteiger partial charge in [0.15, 0.2) is 5.82 Å². The minimum absolute atomic E-state index is 0.348. The number of aromatic nitrogens is 2. The molecule has 0 amide bonds. The van der Waals surface area contributed by atoms with Crippen molar-refractivity contribution in [1.82, 2.24) is 20.4 Å². The molecule has 0 spiro atoms. The second-order valence-corrected chi connectivity index (χ2v) is 7.09. The van der Waals surface area contributed by atoms with Crippen molar-refractivity contribution < 1.29 is 4.52 Å². The highest BCUT2D eigenvalue weighted by molar-refractivity contribution is 5.36. The van der Waals surface area contributed by atoms with Gasteiger partial charge in [-0.2, -0.15) is 4.98 Å². The van der Waals surface area contributed by atoms with Crippen molar-refractivity contribution in [3.63, 3.8) is 0 Å². The molecule has 1 heterocycles. The lowest BCUT2D eigenvalue weighted by Gasteiger charge is -2.23. The monoisotopic (exact) mass is 316 g/mol. The van der Waals surface area contributed by atoms with Gasteiger partial charge in [-0.25, -0.2) is 0 Å². The Morgan fingerprint density at radius 1 is 1.09 bits per heavy atom. The van der Waals surface area contributed by atoms with Crippen LogP contribution in [-0.4, -0.2) is 29.1 Å². The van der Waals surface area contributed by atoms with Crippen LogP contribution in [0.2, 0.25) is 0 Å². The summed E-state index contributed by atoms with van der Waals surface area (Å²) < 4.78 is 5.33. The van der Waals surface area contributed by atoms with Crippen LogP contribution in [0.15, 0.2) is 16.7 Å². The topological polar surface area (TPSA) is 54.2 Å². The third kappa shape index (κ3) is 4.39. The normalized spacial score (nSPS) is 12.2. The van der Waals surface area contributed by atoms with Gasteiger partial charge < -0.3 is 14.7 Å². The molecule has 0 radical (unpaired) electrons. The number of aryl methyl sites for hydroxylation is 3. The molecule has 0 saturated carbocycles. The predicted molar refractivity (Wildman–Crippen MR) is 92.2 cm³/mol. The quantitative estimate of drug-likeness (QED) is 0.887. The van der Waals surface area contributed by atoms with E-state index in [1.165, 1.54) is 22.3 Å². The molecule has 5 nitrogen and oxygen atoms in total. The van der Waals surface area contributed by atoms with Gasteiger partial charge in [-0.3, -0.25) is 0 Å². The maximum absolute atomic E-state index is 5.33. The smallest absolute Gasteiger partial charge is 0.240 e. The molecule has 2 aromatic rings. The molecule has 0 unspecified atom stereocenters.